The highest BCUT2D eigenvalue weighted by Gasteiger charge is 2.11. The largest absolute Gasteiger partial charge is 0.350 e. The van der Waals surface area contributed by atoms with E-state index in [4.69, 9.17) is 0 Å². The van der Waals surface area contributed by atoms with Crippen LogP contribution in [0.25, 0.3) is 10.1 Å². The third kappa shape index (κ3) is 2.69. The summed E-state index contributed by atoms with van der Waals surface area (Å²) in [6, 6.07) is 7.98. The number of hydrogen-bond acceptors (Lipinski definition) is 3. The van der Waals surface area contributed by atoms with Gasteiger partial charge in [0.1, 0.15) is 0 Å². The van der Waals surface area contributed by atoms with E-state index in [-0.39, 0.29) is 5.91 Å². The van der Waals surface area contributed by atoms with E-state index in [1.807, 2.05) is 49.8 Å². The molecular formula is C16H17N3OS. The highest BCUT2D eigenvalue weighted by atomic mass is 32.1. The van der Waals surface area contributed by atoms with Crippen molar-refractivity contribution in [2.75, 3.05) is 6.54 Å². The number of fused-ring (bicyclic) bond motifs is 1. The quantitative estimate of drug-likeness (QED) is 0.804. The van der Waals surface area contributed by atoms with Crippen LogP contribution in [0, 0.1) is 13.8 Å². The van der Waals surface area contributed by atoms with Gasteiger partial charge in [-0.1, -0.05) is 18.2 Å². The number of hydrogen-bond donors (Lipinski definition) is 1. The summed E-state index contributed by atoms with van der Waals surface area (Å²) >= 11 is 1.60. The number of carbonyl (C=O) groups is 1. The lowest BCUT2D eigenvalue weighted by molar-refractivity contribution is 0.0954. The SMILES string of the molecule is Cc1ncn(CCNC(=O)c2csc3ccccc23)c1C. The summed E-state index contributed by atoms with van der Waals surface area (Å²) in [5.74, 6) is -0.0121. The predicted molar refractivity (Wildman–Crippen MR) is 85.9 cm³/mol. The highest BCUT2D eigenvalue weighted by molar-refractivity contribution is 7.17. The number of aromatic nitrogens is 2. The van der Waals surface area contributed by atoms with Crippen LogP contribution in [-0.2, 0) is 6.54 Å². The summed E-state index contributed by atoms with van der Waals surface area (Å²) in [6.07, 6.45) is 1.82. The molecule has 5 heteroatoms. The van der Waals surface area contributed by atoms with Gasteiger partial charge in [0.05, 0.1) is 17.6 Å². The maximum absolute atomic E-state index is 12.3. The number of thiophene rings is 1. The molecule has 0 aliphatic rings. The molecule has 0 aliphatic carbocycles. The second kappa shape index (κ2) is 5.69. The van der Waals surface area contributed by atoms with Gasteiger partial charge in [0.15, 0.2) is 0 Å². The van der Waals surface area contributed by atoms with Gasteiger partial charge in [-0.15, -0.1) is 11.3 Å². The van der Waals surface area contributed by atoms with Crippen LogP contribution >= 0.6 is 11.3 Å². The van der Waals surface area contributed by atoms with Gasteiger partial charge in [-0.05, 0) is 19.9 Å². The minimum atomic E-state index is -0.0121. The molecule has 108 valence electrons. The van der Waals surface area contributed by atoms with Gasteiger partial charge in [-0.3, -0.25) is 4.79 Å². The summed E-state index contributed by atoms with van der Waals surface area (Å²) in [5.41, 5.74) is 2.93. The van der Waals surface area contributed by atoms with E-state index in [1.165, 1.54) is 0 Å². The number of nitrogens with one attached hydrogen (secondary N) is 1. The Balaban J connectivity index is 1.66. The zero-order valence-electron chi connectivity index (χ0n) is 12.1. The van der Waals surface area contributed by atoms with Crippen LogP contribution in [-0.4, -0.2) is 22.0 Å². The molecule has 1 N–H and O–H groups in total. The lowest BCUT2D eigenvalue weighted by Gasteiger charge is -2.07. The van der Waals surface area contributed by atoms with Crippen LogP contribution in [0.15, 0.2) is 36.0 Å². The Morgan fingerprint density at radius 3 is 2.90 bits per heavy atom. The second-order valence-corrected chi connectivity index (χ2v) is 5.92. The number of rotatable bonds is 4. The monoisotopic (exact) mass is 299 g/mol. The van der Waals surface area contributed by atoms with Crippen molar-refractivity contribution in [3.05, 3.63) is 52.9 Å². The normalized spacial score (nSPS) is 11.0. The molecule has 1 amide bonds. The molecule has 0 atom stereocenters. The molecule has 0 spiro atoms. The first-order valence-corrected chi connectivity index (χ1v) is 7.77. The van der Waals surface area contributed by atoms with Crippen molar-refractivity contribution in [1.29, 1.82) is 0 Å². The smallest absolute Gasteiger partial charge is 0.252 e. The van der Waals surface area contributed by atoms with Crippen LogP contribution in [0.4, 0.5) is 0 Å². The van der Waals surface area contributed by atoms with Crippen molar-refractivity contribution >= 4 is 27.3 Å². The molecule has 0 radical (unpaired) electrons. The third-order valence-corrected chi connectivity index (χ3v) is 4.67. The first kappa shape index (κ1) is 13.8. The van der Waals surface area contributed by atoms with E-state index in [0.717, 1.165) is 33.6 Å². The molecule has 21 heavy (non-hydrogen) atoms. The van der Waals surface area contributed by atoms with E-state index in [2.05, 4.69) is 14.9 Å². The molecule has 1 aromatic carbocycles. The fraction of sp³-hybridized carbons (Fsp3) is 0.250. The highest BCUT2D eigenvalue weighted by Crippen LogP contribution is 2.25. The van der Waals surface area contributed by atoms with E-state index >= 15 is 0 Å². The van der Waals surface area contributed by atoms with Gasteiger partial charge in [0.2, 0.25) is 0 Å². The van der Waals surface area contributed by atoms with Crippen LogP contribution in [0.2, 0.25) is 0 Å². The fourth-order valence-corrected chi connectivity index (χ4v) is 3.25. The lowest BCUT2D eigenvalue weighted by atomic mass is 10.1. The van der Waals surface area contributed by atoms with Crippen LogP contribution in [0.5, 0.6) is 0 Å². The van der Waals surface area contributed by atoms with Crippen molar-refractivity contribution in [3.8, 4) is 0 Å². The minimum Gasteiger partial charge on any atom is -0.350 e. The van der Waals surface area contributed by atoms with Crippen molar-refractivity contribution in [3.63, 3.8) is 0 Å². The number of aryl methyl sites for hydroxylation is 1. The Morgan fingerprint density at radius 2 is 2.14 bits per heavy atom. The summed E-state index contributed by atoms with van der Waals surface area (Å²) in [5, 5.41) is 5.93. The zero-order valence-corrected chi connectivity index (χ0v) is 12.9. The Morgan fingerprint density at radius 1 is 1.33 bits per heavy atom. The third-order valence-electron chi connectivity index (χ3n) is 3.71. The maximum atomic E-state index is 12.3. The van der Waals surface area contributed by atoms with Crippen LogP contribution in [0.3, 0.4) is 0 Å². The molecule has 3 aromatic rings. The van der Waals surface area contributed by atoms with Gasteiger partial charge in [0, 0.05) is 34.2 Å². The molecule has 0 aliphatic heterocycles. The van der Waals surface area contributed by atoms with Crippen molar-refractivity contribution in [2.24, 2.45) is 0 Å². The van der Waals surface area contributed by atoms with Crippen molar-refractivity contribution in [1.82, 2.24) is 14.9 Å². The summed E-state index contributed by atoms with van der Waals surface area (Å²) in [6.45, 7) is 5.36. The molecular weight excluding hydrogens is 282 g/mol. The van der Waals surface area contributed by atoms with E-state index in [9.17, 15) is 4.79 Å². The second-order valence-electron chi connectivity index (χ2n) is 5.01. The average Bonchev–Trinajstić information content (AvgIpc) is 3.05. The van der Waals surface area contributed by atoms with Gasteiger partial charge >= 0.3 is 0 Å². The fourth-order valence-electron chi connectivity index (χ4n) is 2.31. The van der Waals surface area contributed by atoms with E-state index < -0.39 is 0 Å². The first-order chi connectivity index (χ1) is 10.2. The maximum Gasteiger partial charge on any atom is 0.252 e. The first-order valence-electron chi connectivity index (χ1n) is 6.89. The molecule has 4 nitrogen and oxygen atoms in total. The number of carbonyl (C=O) groups excluding carboxylic acids is 1. The van der Waals surface area contributed by atoms with Crippen LogP contribution in [0.1, 0.15) is 21.7 Å². The minimum absolute atomic E-state index is 0.0121. The predicted octanol–water partition coefficient (Wildman–Crippen LogP) is 3.14. The summed E-state index contributed by atoms with van der Waals surface area (Å²) < 4.78 is 3.20. The Labute approximate surface area is 127 Å². The molecule has 2 heterocycles. The number of imidazole rings is 1. The van der Waals surface area contributed by atoms with Crippen LogP contribution < -0.4 is 5.32 Å². The Bertz CT molecular complexity index is 788. The topological polar surface area (TPSA) is 46.9 Å². The molecule has 2 aromatic heterocycles. The zero-order chi connectivity index (χ0) is 14.8. The summed E-state index contributed by atoms with van der Waals surface area (Å²) in [4.78, 5) is 16.5. The summed E-state index contributed by atoms with van der Waals surface area (Å²) in [7, 11) is 0. The van der Waals surface area contributed by atoms with Gasteiger partial charge in [-0.2, -0.15) is 0 Å². The standard InChI is InChI=1S/C16H17N3OS/c1-11-12(2)19(10-18-11)8-7-17-16(20)14-9-21-15-6-4-3-5-13(14)15/h3-6,9-10H,7-8H2,1-2H3,(H,17,20). The van der Waals surface area contributed by atoms with E-state index in [0.29, 0.717) is 6.54 Å². The number of amides is 1. The molecule has 0 unspecified atom stereocenters. The Kier molecular flexibility index (Phi) is 3.75. The molecule has 0 saturated heterocycles. The molecule has 0 bridgehead atoms. The number of nitrogens with zero attached hydrogens (tertiary/aromatic N) is 2. The van der Waals surface area contributed by atoms with Crippen molar-refractivity contribution in [2.45, 2.75) is 20.4 Å². The Hall–Kier alpha value is -2.14. The van der Waals surface area contributed by atoms with E-state index in [1.54, 1.807) is 11.3 Å². The van der Waals surface area contributed by atoms with Crippen molar-refractivity contribution < 1.29 is 4.79 Å². The number of benzene rings is 1. The average molecular weight is 299 g/mol. The van der Waals surface area contributed by atoms with Gasteiger partial charge in [0.25, 0.3) is 5.91 Å². The van der Waals surface area contributed by atoms with Gasteiger partial charge < -0.3 is 9.88 Å². The molecule has 0 fully saturated rings. The van der Waals surface area contributed by atoms with Gasteiger partial charge in [-0.25, -0.2) is 4.98 Å². The molecule has 0 saturated carbocycles. The lowest BCUT2D eigenvalue weighted by Crippen LogP contribution is -2.27. The molecule has 3 rings (SSSR count).